The predicted octanol–water partition coefficient (Wildman–Crippen LogP) is 6.10. The predicted molar refractivity (Wildman–Crippen MR) is 142 cm³/mol. The van der Waals surface area contributed by atoms with Gasteiger partial charge in [-0.1, -0.05) is 0 Å². The second-order valence-electron chi connectivity index (χ2n) is 10.6. The van der Waals surface area contributed by atoms with Gasteiger partial charge in [-0.25, -0.2) is 0 Å². The molecule has 2 unspecified atom stereocenters. The molecule has 8 heteroatoms. The molecule has 0 aromatic heterocycles. The molecule has 4 rings (SSSR count). The molecule has 2 bridgehead atoms. The molecule has 0 aliphatic heterocycles. The van der Waals surface area contributed by atoms with Crippen molar-refractivity contribution >= 4 is 44.5 Å². The molecule has 33 heavy (non-hydrogen) atoms. The Morgan fingerprint density at radius 2 is 1.70 bits per heavy atom. The van der Waals surface area contributed by atoms with Crippen LogP contribution in [0.1, 0.15) is 33.1 Å². The van der Waals surface area contributed by atoms with Crippen LogP contribution < -0.4 is 4.43 Å². The summed E-state index contributed by atoms with van der Waals surface area (Å²) in [6.07, 6.45) is 2.02. The van der Waals surface area contributed by atoms with Crippen molar-refractivity contribution in [2.75, 3.05) is 5.75 Å². The number of carbonyl (C=O) groups excluding carboxylic acids is 1. The summed E-state index contributed by atoms with van der Waals surface area (Å²) in [6, 6.07) is 17.3. The number of hydrogen-bond donors (Lipinski definition) is 0. The van der Waals surface area contributed by atoms with Crippen LogP contribution in [0.2, 0.25) is 19.6 Å². The second-order valence-corrected chi connectivity index (χ2v) is 21.6. The number of rotatable bonds is 8. The Kier molecular flexibility index (Phi) is 6.61. The molecular formula is C25H33IO5SSi. The van der Waals surface area contributed by atoms with Gasteiger partial charge in [-0.05, 0) is 0 Å². The van der Waals surface area contributed by atoms with E-state index in [4.69, 9.17) is 6.94 Å². The number of ketones is 1. The number of benzene rings is 2. The number of Topliss-reactive ketones (excluding diaryl/α,β-unsaturated/α-hetero) is 1. The molecule has 0 amide bonds. The summed E-state index contributed by atoms with van der Waals surface area (Å²) in [5.74, 6) is 0.866. The molecule has 2 atom stereocenters. The van der Waals surface area contributed by atoms with Crippen LogP contribution in [0, 0.1) is 23.9 Å². The average Bonchev–Trinajstić information content (AvgIpc) is 3.06. The minimum absolute atomic E-state index is 0.0847. The van der Waals surface area contributed by atoms with Gasteiger partial charge >= 0.3 is 207 Å². The van der Waals surface area contributed by atoms with Crippen LogP contribution in [0.5, 0.6) is 5.75 Å². The van der Waals surface area contributed by atoms with Crippen LogP contribution in [-0.2, 0) is 17.4 Å². The Morgan fingerprint density at radius 1 is 1.03 bits per heavy atom. The van der Waals surface area contributed by atoms with Crippen molar-refractivity contribution in [3.05, 3.63) is 61.7 Å². The van der Waals surface area contributed by atoms with E-state index in [1.165, 1.54) is 0 Å². The molecule has 180 valence electrons. The van der Waals surface area contributed by atoms with Crippen LogP contribution in [-0.4, -0.2) is 28.3 Å². The van der Waals surface area contributed by atoms with E-state index in [1.807, 2.05) is 54.6 Å². The fraction of sp³-hybridized carbons (Fsp3) is 0.480. The van der Waals surface area contributed by atoms with Crippen molar-refractivity contribution in [3.8, 4) is 5.75 Å². The average molecular weight is 601 g/mol. The molecule has 0 saturated heterocycles. The molecule has 0 N–H and O–H groups in total. The Bertz CT molecular complexity index is 1140. The molecule has 2 aliphatic carbocycles. The minimum atomic E-state index is -3.94. The van der Waals surface area contributed by atoms with Crippen LogP contribution in [0.4, 0.5) is 0 Å². The van der Waals surface area contributed by atoms with Crippen LogP contribution in [0.3, 0.4) is 0 Å². The van der Waals surface area contributed by atoms with E-state index in [-0.39, 0.29) is 22.9 Å². The van der Waals surface area contributed by atoms with Gasteiger partial charge in [0.25, 0.3) is 0 Å². The van der Waals surface area contributed by atoms with Crippen molar-refractivity contribution in [2.45, 2.75) is 52.8 Å². The van der Waals surface area contributed by atoms with Crippen molar-refractivity contribution in [1.29, 1.82) is 0 Å². The van der Waals surface area contributed by atoms with Crippen molar-refractivity contribution < 1.29 is 20.2 Å². The van der Waals surface area contributed by atoms with E-state index in [9.17, 15) is 13.2 Å². The zero-order chi connectivity index (χ0) is 24.1. The number of carbonyl (C=O) groups is 1. The summed E-state index contributed by atoms with van der Waals surface area (Å²) < 4.78 is 41.0. The zero-order valence-corrected chi connectivity index (χ0v) is 23.9. The van der Waals surface area contributed by atoms with Crippen molar-refractivity contribution in [3.63, 3.8) is 0 Å². The molecule has 2 aliphatic rings. The van der Waals surface area contributed by atoms with E-state index in [1.54, 1.807) is 0 Å². The summed E-state index contributed by atoms with van der Waals surface area (Å²) in [4.78, 5) is 12.9. The van der Waals surface area contributed by atoms with Crippen LogP contribution in [0.15, 0.2) is 54.6 Å². The molecule has 0 spiro atoms. The van der Waals surface area contributed by atoms with E-state index >= 15 is 0 Å². The van der Waals surface area contributed by atoms with Gasteiger partial charge in [-0.3, -0.25) is 0 Å². The monoisotopic (exact) mass is 600 g/mol. The molecule has 2 aromatic carbocycles. The topological polar surface area (TPSA) is 69.7 Å². The number of fused-ring (bicyclic) bond motifs is 2. The summed E-state index contributed by atoms with van der Waals surface area (Å²) >= 11 is -2.81. The van der Waals surface area contributed by atoms with E-state index in [2.05, 4.69) is 33.5 Å². The Balaban J connectivity index is 1.67. The van der Waals surface area contributed by atoms with Gasteiger partial charge in [0, 0.05) is 0 Å². The van der Waals surface area contributed by atoms with Gasteiger partial charge in [0.2, 0.25) is 0 Å². The third kappa shape index (κ3) is 4.94. The third-order valence-corrected chi connectivity index (χ3v) is 15.5. The second kappa shape index (κ2) is 8.77. The van der Waals surface area contributed by atoms with Gasteiger partial charge in [0.15, 0.2) is 0 Å². The zero-order valence-electron chi connectivity index (χ0n) is 19.9. The van der Waals surface area contributed by atoms with Crippen molar-refractivity contribution in [2.24, 2.45) is 16.7 Å². The van der Waals surface area contributed by atoms with Gasteiger partial charge in [0.05, 0.1) is 0 Å². The van der Waals surface area contributed by atoms with Gasteiger partial charge in [-0.15, -0.1) is 0 Å². The summed E-state index contributed by atoms with van der Waals surface area (Å²) in [5, 5.41) is 0. The third-order valence-electron chi connectivity index (χ3n) is 7.07. The first-order valence-corrected chi connectivity index (χ1v) is 19.4. The van der Waals surface area contributed by atoms with E-state index in [0.717, 1.165) is 19.3 Å². The fourth-order valence-electron chi connectivity index (χ4n) is 5.25. The molecule has 0 radical (unpaired) electrons. The maximum atomic E-state index is 13.5. The Labute approximate surface area is 206 Å². The SMILES string of the molecule is CC1(C)C2CCC1(CS(=O)(=O)OI(c1ccccc1)c1cccc(O[Si](C)(C)C)c1)C(=O)C2. The fourth-order valence-corrected chi connectivity index (χ4v) is 13.9. The van der Waals surface area contributed by atoms with E-state index < -0.39 is 44.1 Å². The molecule has 2 saturated carbocycles. The van der Waals surface area contributed by atoms with Gasteiger partial charge in [-0.2, -0.15) is 0 Å². The van der Waals surface area contributed by atoms with Gasteiger partial charge < -0.3 is 0 Å². The van der Waals surface area contributed by atoms with E-state index in [0.29, 0.717) is 12.8 Å². The molecule has 2 aromatic rings. The first kappa shape index (κ1) is 24.9. The maximum absolute atomic E-state index is 13.5. The van der Waals surface area contributed by atoms with Gasteiger partial charge in [0.1, 0.15) is 0 Å². The molecule has 0 heterocycles. The normalized spacial score (nSPS) is 24.7. The molecule has 5 nitrogen and oxygen atoms in total. The van der Waals surface area contributed by atoms with Crippen LogP contribution in [0.25, 0.3) is 0 Å². The quantitative estimate of drug-likeness (QED) is 0.271. The molecular weight excluding hydrogens is 567 g/mol. The summed E-state index contributed by atoms with van der Waals surface area (Å²) in [5.41, 5.74) is -1.16. The standard InChI is InChI=1S/C25H33IO5SSi/c1-24(2)19-14-15-25(24,23(27)16-19)18-32(28,29)31-26(20-10-7-6-8-11-20)21-12-9-13-22(17-21)30-33(3,4)5/h6-13,17,19H,14-16,18H2,1-5H3. The molecule has 2 fully saturated rings. The number of halogens is 1. The summed E-state index contributed by atoms with van der Waals surface area (Å²) in [7, 11) is -5.76. The summed E-state index contributed by atoms with van der Waals surface area (Å²) in [6.45, 7) is 10.4. The first-order chi connectivity index (χ1) is 15.3. The Hall–Kier alpha value is -1.23. The number of hydrogen-bond acceptors (Lipinski definition) is 5. The first-order valence-electron chi connectivity index (χ1n) is 11.3. The van der Waals surface area contributed by atoms with Crippen molar-refractivity contribution in [1.82, 2.24) is 0 Å². The van der Waals surface area contributed by atoms with Crippen LogP contribution >= 0.6 is 20.2 Å². The Morgan fingerprint density at radius 3 is 2.27 bits per heavy atom.